The highest BCUT2D eigenvalue weighted by atomic mass is 16.1. The summed E-state index contributed by atoms with van der Waals surface area (Å²) in [7, 11) is 4.16. The van der Waals surface area contributed by atoms with Crippen LogP contribution < -0.4 is 10.6 Å². The van der Waals surface area contributed by atoms with Crippen LogP contribution in [0.15, 0.2) is 36.4 Å². The Labute approximate surface area is 184 Å². The van der Waals surface area contributed by atoms with Crippen molar-refractivity contribution in [3.05, 3.63) is 70.0 Å². The van der Waals surface area contributed by atoms with Crippen LogP contribution >= 0.6 is 0 Å². The Morgan fingerprint density at radius 1 is 1.19 bits per heavy atom. The number of likely N-dealkylation sites (N-methyl/N-ethyl adjacent to an activating group) is 1. The number of hydrogen-bond donors (Lipinski definition) is 1. The van der Waals surface area contributed by atoms with Gasteiger partial charge in [0.2, 0.25) is 0 Å². The molecule has 3 aromatic rings. The van der Waals surface area contributed by atoms with E-state index in [2.05, 4.69) is 74.1 Å². The SMILES string of the molecule is Cc1c(C(N)=O)nc2c(c1[C@@H](C)CN(C)C)CCN(c1cccc3cccc(C)c13)C2. The van der Waals surface area contributed by atoms with Gasteiger partial charge in [-0.25, -0.2) is 4.98 Å². The molecule has 1 aromatic heterocycles. The molecule has 5 nitrogen and oxygen atoms in total. The van der Waals surface area contributed by atoms with E-state index in [1.165, 1.54) is 33.2 Å². The Morgan fingerprint density at radius 3 is 2.58 bits per heavy atom. The molecular weight excluding hydrogens is 384 g/mol. The molecule has 0 unspecified atom stereocenters. The fourth-order valence-electron chi connectivity index (χ4n) is 5.23. The summed E-state index contributed by atoms with van der Waals surface area (Å²) in [5.41, 5.74) is 13.1. The molecule has 0 radical (unpaired) electrons. The van der Waals surface area contributed by atoms with Crippen molar-refractivity contribution in [2.24, 2.45) is 5.73 Å². The third-order valence-corrected chi connectivity index (χ3v) is 6.45. The van der Waals surface area contributed by atoms with Gasteiger partial charge in [-0.15, -0.1) is 0 Å². The molecule has 2 aromatic carbocycles. The van der Waals surface area contributed by atoms with Gasteiger partial charge in [0.05, 0.1) is 12.2 Å². The Kier molecular flexibility index (Phi) is 5.71. The van der Waals surface area contributed by atoms with Crippen molar-refractivity contribution in [1.29, 1.82) is 0 Å². The van der Waals surface area contributed by atoms with E-state index in [1.54, 1.807) is 0 Å². The lowest BCUT2D eigenvalue weighted by Crippen LogP contribution is -2.34. The van der Waals surface area contributed by atoms with Crippen molar-refractivity contribution in [3.63, 3.8) is 0 Å². The van der Waals surface area contributed by atoms with Gasteiger partial charge in [0.15, 0.2) is 0 Å². The molecule has 0 saturated heterocycles. The number of fused-ring (bicyclic) bond motifs is 2. The maximum Gasteiger partial charge on any atom is 0.267 e. The van der Waals surface area contributed by atoms with Crippen LogP contribution in [0.4, 0.5) is 5.69 Å². The van der Waals surface area contributed by atoms with Crippen molar-refractivity contribution < 1.29 is 4.79 Å². The molecule has 0 saturated carbocycles. The predicted molar refractivity (Wildman–Crippen MR) is 128 cm³/mol. The van der Waals surface area contributed by atoms with Crippen LogP contribution in [0.2, 0.25) is 0 Å². The predicted octanol–water partition coefficient (Wildman–Crippen LogP) is 4.18. The minimum Gasteiger partial charge on any atom is -0.365 e. The van der Waals surface area contributed by atoms with Gasteiger partial charge in [0.1, 0.15) is 5.69 Å². The van der Waals surface area contributed by atoms with Crippen LogP contribution in [0, 0.1) is 13.8 Å². The topological polar surface area (TPSA) is 62.5 Å². The standard InChI is InChI=1S/C26H32N4O/c1-16-8-6-9-19-10-7-11-22(24(16)19)30-13-12-20-21(15-30)28-25(26(27)31)18(3)23(20)17(2)14-29(4)5/h6-11,17H,12-15H2,1-5H3,(H2,27,31)/t17-/m0/s1. The number of anilines is 1. The molecule has 1 aliphatic heterocycles. The second-order valence-corrected chi connectivity index (χ2v) is 9.07. The monoisotopic (exact) mass is 416 g/mol. The number of benzene rings is 2. The smallest absolute Gasteiger partial charge is 0.267 e. The number of nitrogens with two attached hydrogens (primary N) is 1. The number of amides is 1. The second kappa shape index (κ2) is 8.31. The second-order valence-electron chi connectivity index (χ2n) is 9.07. The number of carbonyl (C=O) groups is 1. The Morgan fingerprint density at radius 2 is 1.90 bits per heavy atom. The lowest BCUT2D eigenvalue weighted by molar-refractivity contribution is 0.0994. The number of rotatable bonds is 5. The first-order valence-electron chi connectivity index (χ1n) is 11.0. The summed E-state index contributed by atoms with van der Waals surface area (Å²) < 4.78 is 0. The average Bonchev–Trinajstić information content (AvgIpc) is 2.72. The molecule has 0 spiro atoms. The minimum atomic E-state index is -0.447. The normalized spacial score (nSPS) is 14.7. The van der Waals surface area contributed by atoms with E-state index in [4.69, 9.17) is 10.7 Å². The largest absolute Gasteiger partial charge is 0.365 e. The highest BCUT2D eigenvalue weighted by Gasteiger charge is 2.28. The van der Waals surface area contributed by atoms with Gasteiger partial charge in [0, 0.05) is 24.2 Å². The van der Waals surface area contributed by atoms with Crippen molar-refractivity contribution in [1.82, 2.24) is 9.88 Å². The quantitative estimate of drug-likeness (QED) is 0.678. The summed E-state index contributed by atoms with van der Waals surface area (Å²) in [5, 5.41) is 2.54. The molecule has 0 fully saturated rings. The number of carbonyl (C=O) groups excluding carboxylic acids is 1. The number of pyridine rings is 1. The molecule has 1 aliphatic rings. The van der Waals surface area contributed by atoms with Crippen LogP contribution in [0.3, 0.4) is 0 Å². The zero-order valence-corrected chi connectivity index (χ0v) is 19.2. The van der Waals surface area contributed by atoms with Gasteiger partial charge >= 0.3 is 0 Å². The van der Waals surface area contributed by atoms with Crippen LogP contribution in [0.1, 0.15) is 51.3 Å². The van der Waals surface area contributed by atoms with Gasteiger partial charge in [0.25, 0.3) is 5.91 Å². The van der Waals surface area contributed by atoms with Gasteiger partial charge in [-0.2, -0.15) is 0 Å². The van der Waals surface area contributed by atoms with Gasteiger partial charge < -0.3 is 15.5 Å². The van der Waals surface area contributed by atoms with Gasteiger partial charge in [-0.05, 0) is 74.0 Å². The van der Waals surface area contributed by atoms with Gasteiger partial charge in [-0.1, -0.05) is 37.3 Å². The maximum atomic E-state index is 12.2. The van der Waals surface area contributed by atoms with Crippen LogP contribution in [0.25, 0.3) is 10.8 Å². The molecule has 2 N–H and O–H groups in total. The highest BCUT2D eigenvalue weighted by molar-refractivity contribution is 5.97. The first-order valence-corrected chi connectivity index (χ1v) is 11.0. The van der Waals surface area contributed by atoms with Crippen LogP contribution in [-0.2, 0) is 13.0 Å². The summed E-state index contributed by atoms with van der Waals surface area (Å²) >= 11 is 0. The van der Waals surface area contributed by atoms with Crippen molar-refractivity contribution in [2.75, 3.05) is 32.1 Å². The minimum absolute atomic E-state index is 0.302. The molecular formula is C26H32N4O. The molecule has 0 aliphatic carbocycles. The van der Waals surface area contributed by atoms with E-state index in [-0.39, 0.29) is 0 Å². The maximum absolute atomic E-state index is 12.2. The van der Waals surface area contributed by atoms with E-state index >= 15 is 0 Å². The summed E-state index contributed by atoms with van der Waals surface area (Å²) in [5.74, 6) is -0.145. The Balaban J connectivity index is 1.81. The fourth-order valence-corrected chi connectivity index (χ4v) is 5.23. The lowest BCUT2D eigenvalue weighted by Gasteiger charge is -2.34. The highest BCUT2D eigenvalue weighted by Crippen LogP contribution is 2.36. The summed E-state index contributed by atoms with van der Waals surface area (Å²) in [4.78, 5) is 21.6. The molecule has 1 amide bonds. The number of primary amides is 1. The van der Waals surface area contributed by atoms with E-state index < -0.39 is 5.91 Å². The number of aromatic nitrogens is 1. The van der Waals surface area contributed by atoms with E-state index in [0.29, 0.717) is 18.2 Å². The zero-order valence-electron chi connectivity index (χ0n) is 19.2. The number of nitrogens with zero attached hydrogens (tertiary/aromatic N) is 3. The Bertz CT molecular complexity index is 1150. The van der Waals surface area contributed by atoms with Crippen molar-refractivity contribution in [2.45, 2.75) is 39.7 Å². The molecule has 1 atom stereocenters. The first kappa shape index (κ1) is 21.3. The average molecular weight is 417 g/mol. The Hall–Kier alpha value is -2.92. The number of aryl methyl sites for hydroxylation is 1. The third kappa shape index (κ3) is 3.90. The van der Waals surface area contributed by atoms with Crippen LogP contribution in [0.5, 0.6) is 0 Å². The molecule has 5 heteroatoms. The van der Waals surface area contributed by atoms with Crippen LogP contribution in [-0.4, -0.2) is 43.0 Å². The molecule has 4 rings (SSSR count). The molecule has 31 heavy (non-hydrogen) atoms. The third-order valence-electron chi connectivity index (χ3n) is 6.45. The lowest BCUT2D eigenvalue weighted by atomic mass is 9.86. The number of hydrogen-bond acceptors (Lipinski definition) is 4. The first-order chi connectivity index (χ1) is 14.8. The summed E-state index contributed by atoms with van der Waals surface area (Å²) in [6.07, 6.45) is 0.914. The fraction of sp³-hybridized carbons (Fsp3) is 0.385. The van der Waals surface area contributed by atoms with Gasteiger partial charge in [-0.3, -0.25) is 4.79 Å². The van der Waals surface area contributed by atoms with E-state index in [0.717, 1.165) is 30.8 Å². The zero-order chi connectivity index (χ0) is 22.3. The van der Waals surface area contributed by atoms with E-state index in [1.807, 2.05) is 6.92 Å². The van der Waals surface area contributed by atoms with E-state index in [9.17, 15) is 4.79 Å². The summed E-state index contributed by atoms with van der Waals surface area (Å²) in [6, 6.07) is 12.9. The van der Waals surface area contributed by atoms with Crippen molar-refractivity contribution in [3.8, 4) is 0 Å². The van der Waals surface area contributed by atoms with Crippen molar-refractivity contribution >= 4 is 22.4 Å². The molecule has 2 heterocycles. The molecule has 0 bridgehead atoms. The molecule has 162 valence electrons. The summed E-state index contributed by atoms with van der Waals surface area (Å²) in [6.45, 7) is 8.92.